The molecule has 0 aliphatic rings. The number of methoxy groups -OCH3 is 1. The first-order chi connectivity index (χ1) is 8.06. The van der Waals surface area contributed by atoms with Crippen LogP contribution in [0.25, 0.3) is 0 Å². The predicted octanol–water partition coefficient (Wildman–Crippen LogP) is 2.10. The molecule has 17 heavy (non-hydrogen) atoms. The van der Waals surface area contributed by atoms with E-state index in [1.165, 1.54) is 7.11 Å². The second-order valence-corrected chi connectivity index (χ2v) is 4.31. The molecular weight excluding hydrogens is 222 g/mol. The summed E-state index contributed by atoms with van der Waals surface area (Å²) < 4.78 is 9.46. The van der Waals surface area contributed by atoms with Gasteiger partial charge in [-0.15, -0.1) is 0 Å². The molecule has 5 heteroatoms. The zero-order valence-electron chi connectivity index (χ0n) is 11.0. The molecule has 0 rings (SSSR count). The van der Waals surface area contributed by atoms with Crippen LogP contribution in [-0.4, -0.2) is 32.3 Å². The van der Waals surface area contributed by atoms with Crippen molar-refractivity contribution < 1.29 is 19.1 Å². The maximum Gasteiger partial charge on any atom is 0.406 e. The minimum absolute atomic E-state index is 0.139. The molecule has 100 valence electrons. The monoisotopic (exact) mass is 245 g/mol. The fraction of sp³-hybridized carbons (Fsp3) is 0.833. The van der Waals surface area contributed by atoms with Gasteiger partial charge in [0, 0.05) is 13.0 Å². The fourth-order valence-electron chi connectivity index (χ4n) is 1.17. The van der Waals surface area contributed by atoms with Gasteiger partial charge in [-0.25, -0.2) is 4.79 Å². The topological polar surface area (TPSA) is 64.6 Å². The Morgan fingerprint density at radius 3 is 2.47 bits per heavy atom. The average molecular weight is 245 g/mol. The van der Waals surface area contributed by atoms with Crippen LogP contribution in [0, 0.1) is 5.92 Å². The van der Waals surface area contributed by atoms with Crippen LogP contribution in [0.5, 0.6) is 0 Å². The van der Waals surface area contributed by atoms with E-state index < -0.39 is 6.09 Å². The number of unbranched alkanes of at least 4 members (excludes halogenated alkanes) is 2. The molecule has 0 saturated heterocycles. The molecule has 1 amide bonds. The molecule has 1 N–H and O–H groups in total. The lowest BCUT2D eigenvalue weighted by Crippen LogP contribution is -2.23. The first-order valence-electron chi connectivity index (χ1n) is 6.03. The van der Waals surface area contributed by atoms with E-state index in [2.05, 4.69) is 10.1 Å². The molecule has 0 unspecified atom stereocenters. The Labute approximate surface area is 103 Å². The SMILES string of the molecule is COC(=O)NCCCCCC(=O)OCC(C)C. The number of alkyl carbamates (subject to hydrolysis) is 1. The molecule has 0 heterocycles. The van der Waals surface area contributed by atoms with E-state index in [-0.39, 0.29) is 5.97 Å². The minimum Gasteiger partial charge on any atom is -0.465 e. The number of ether oxygens (including phenoxy) is 2. The number of hydrogen-bond donors (Lipinski definition) is 1. The van der Waals surface area contributed by atoms with E-state index in [4.69, 9.17) is 4.74 Å². The zero-order chi connectivity index (χ0) is 13.1. The van der Waals surface area contributed by atoms with Crippen molar-refractivity contribution >= 4 is 12.1 Å². The third-order valence-electron chi connectivity index (χ3n) is 2.09. The van der Waals surface area contributed by atoms with Crippen LogP contribution < -0.4 is 5.32 Å². The second-order valence-electron chi connectivity index (χ2n) is 4.31. The number of esters is 1. The molecule has 0 radical (unpaired) electrons. The van der Waals surface area contributed by atoms with Crippen molar-refractivity contribution in [2.75, 3.05) is 20.3 Å². The molecule has 0 saturated carbocycles. The lowest BCUT2D eigenvalue weighted by molar-refractivity contribution is -0.144. The van der Waals surface area contributed by atoms with Crippen LogP contribution in [0.15, 0.2) is 0 Å². The highest BCUT2D eigenvalue weighted by molar-refractivity contribution is 5.69. The molecule has 0 aromatic heterocycles. The van der Waals surface area contributed by atoms with Crippen molar-refractivity contribution in [3.8, 4) is 0 Å². The van der Waals surface area contributed by atoms with E-state index in [0.717, 1.165) is 19.3 Å². The van der Waals surface area contributed by atoms with Crippen molar-refractivity contribution in [1.29, 1.82) is 0 Å². The summed E-state index contributed by atoms with van der Waals surface area (Å²) in [5.74, 6) is 0.239. The van der Waals surface area contributed by atoms with Crippen molar-refractivity contribution in [2.45, 2.75) is 39.5 Å². The van der Waals surface area contributed by atoms with Gasteiger partial charge in [0.15, 0.2) is 0 Å². The van der Waals surface area contributed by atoms with Gasteiger partial charge in [-0.3, -0.25) is 4.79 Å². The Bertz CT molecular complexity index is 229. The minimum atomic E-state index is -0.415. The molecule has 5 nitrogen and oxygen atoms in total. The van der Waals surface area contributed by atoms with Gasteiger partial charge in [-0.1, -0.05) is 20.3 Å². The van der Waals surface area contributed by atoms with Gasteiger partial charge in [-0.2, -0.15) is 0 Å². The predicted molar refractivity (Wildman–Crippen MR) is 64.7 cm³/mol. The quantitative estimate of drug-likeness (QED) is 0.525. The maximum atomic E-state index is 11.2. The van der Waals surface area contributed by atoms with Crippen LogP contribution >= 0.6 is 0 Å². The normalized spacial score (nSPS) is 10.1. The van der Waals surface area contributed by atoms with Crippen LogP contribution in [-0.2, 0) is 14.3 Å². The first kappa shape index (κ1) is 15.7. The van der Waals surface area contributed by atoms with E-state index in [0.29, 0.717) is 25.5 Å². The Kier molecular flexibility index (Phi) is 9.19. The van der Waals surface area contributed by atoms with E-state index in [9.17, 15) is 9.59 Å². The molecule has 0 aliphatic carbocycles. The lowest BCUT2D eigenvalue weighted by Gasteiger charge is -2.07. The summed E-state index contributed by atoms with van der Waals surface area (Å²) in [4.78, 5) is 21.9. The third-order valence-corrected chi connectivity index (χ3v) is 2.09. The summed E-state index contributed by atoms with van der Waals surface area (Å²) in [6.45, 7) is 5.08. The van der Waals surface area contributed by atoms with Crippen molar-refractivity contribution in [1.82, 2.24) is 5.32 Å². The standard InChI is InChI=1S/C12H23NO4/c1-10(2)9-17-11(14)7-5-4-6-8-13-12(15)16-3/h10H,4-9H2,1-3H3,(H,13,15). The van der Waals surface area contributed by atoms with Crippen molar-refractivity contribution in [3.63, 3.8) is 0 Å². The molecule has 0 aromatic carbocycles. The Morgan fingerprint density at radius 2 is 1.88 bits per heavy atom. The summed E-state index contributed by atoms with van der Waals surface area (Å²) in [5, 5.41) is 2.58. The summed E-state index contributed by atoms with van der Waals surface area (Å²) >= 11 is 0. The first-order valence-corrected chi connectivity index (χ1v) is 6.03. The molecule has 0 aromatic rings. The van der Waals surface area contributed by atoms with E-state index >= 15 is 0 Å². The molecule has 0 fully saturated rings. The van der Waals surface area contributed by atoms with Crippen molar-refractivity contribution in [3.05, 3.63) is 0 Å². The summed E-state index contributed by atoms with van der Waals surface area (Å²) in [6, 6.07) is 0. The summed E-state index contributed by atoms with van der Waals surface area (Å²) in [7, 11) is 1.33. The Morgan fingerprint density at radius 1 is 1.18 bits per heavy atom. The van der Waals surface area contributed by atoms with Gasteiger partial charge in [0.25, 0.3) is 0 Å². The second kappa shape index (κ2) is 9.93. The fourth-order valence-corrected chi connectivity index (χ4v) is 1.17. The summed E-state index contributed by atoms with van der Waals surface area (Å²) in [6.07, 6.45) is 2.55. The van der Waals surface area contributed by atoms with Crippen LogP contribution in [0.4, 0.5) is 4.79 Å². The van der Waals surface area contributed by atoms with Gasteiger partial charge in [0.05, 0.1) is 13.7 Å². The van der Waals surface area contributed by atoms with Gasteiger partial charge in [0.1, 0.15) is 0 Å². The number of carbonyl (C=O) groups is 2. The number of carbonyl (C=O) groups excluding carboxylic acids is 2. The number of amides is 1. The molecule has 0 spiro atoms. The highest BCUT2D eigenvalue weighted by Crippen LogP contribution is 2.02. The molecule has 0 aliphatic heterocycles. The maximum absolute atomic E-state index is 11.2. The molecule has 0 atom stereocenters. The molecular formula is C12H23NO4. The van der Waals surface area contributed by atoms with E-state index in [1.807, 2.05) is 13.8 Å². The Balaban J connectivity index is 3.27. The highest BCUT2D eigenvalue weighted by Gasteiger charge is 2.04. The summed E-state index contributed by atoms with van der Waals surface area (Å²) in [5.41, 5.74) is 0. The van der Waals surface area contributed by atoms with Crippen LogP contribution in [0.1, 0.15) is 39.5 Å². The molecule has 0 bridgehead atoms. The van der Waals surface area contributed by atoms with E-state index in [1.54, 1.807) is 0 Å². The van der Waals surface area contributed by atoms with Gasteiger partial charge < -0.3 is 14.8 Å². The van der Waals surface area contributed by atoms with Gasteiger partial charge >= 0.3 is 12.1 Å². The lowest BCUT2D eigenvalue weighted by atomic mass is 10.2. The van der Waals surface area contributed by atoms with Crippen LogP contribution in [0.2, 0.25) is 0 Å². The number of rotatable bonds is 8. The number of hydrogen-bond acceptors (Lipinski definition) is 4. The average Bonchev–Trinajstić information content (AvgIpc) is 2.30. The van der Waals surface area contributed by atoms with Gasteiger partial charge in [-0.05, 0) is 18.8 Å². The third kappa shape index (κ3) is 11.0. The number of nitrogens with one attached hydrogen (secondary N) is 1. The van der Waals surface area contributed by atoms with Crippen molar-refractivity contribution in [2.24, 2.45) is 5.92 Å². The highest BCUT2D eigenvalue weighted by atomic mass is 16.5. The van der Waals surface area contributed by atoms with Crippen LogP contribution in [0.3, 0.4) is 0 Å². The smallest absolute Gasteiger partial charge is 0.406 e. The van der Waals surface area contributed by atoms with Gasteiger partial charge in [0.2, 0.25) is 0 Å². The Hall–Kier alpha value is -1.26. The zero-order valence-corrected chi connectivity index (χ0v) is 11.0. The largest absolute Gasteiger partial charge is 0.465 e.